The zero-order valence-electron chi connectivity index (χ0n) is 12.6. The summed E-state index contributed by atoms with van der Waals surface area (Å²) in [5.74, 6) is 0.563. The first-order chi connectivity index (χ1) is 11.0. The molecular formula is C16H17N3O3S. The number of hydrogen-bond donors (Lipinski definition) is 2. The van der Waals surface area contributed by atoms with Crippen LogP contribution in [-0.2, 0) is 16.4 Å². The third-order valence-corrected chi connectivity index (χ3v) is 4.65. The Morgan fingerprint density at radius 1 is 1.09 bits per heavy atom. The Bertz CT molecular complexity index is 869. The summed E-state index contributed by atoms with van der Waals surface area (Å²) in [6, 6.07) is 14.1. The summed E-state index contributed by atoms with van der Waals surface area (Å²) < 4.78 is 29.7. The lowest BCUT2D eigenvalue weighted by molar-refractivity contribution is 0.504. The topological polar surface area (TPSA) is 84.2 Å². The average molecular weight is 331 g/mol. The van der Waals surface area contributed by atoms with Crippen molar-refractivity contribution >= 4 is 21.1 Å². The number of nitrogens with one attached hydrogen (secondary N) is 2. The fraction of sp³-hybridized carbons (Fsp3) is 0.188. The van der Waals surface area contributed by atoms with Crippen LogP contribution in [0.4, 0.5) is 0 Å². The number of hydrogen-bond acceptors (Lipinski definition) is 5. The molecule has 0 aliphatic rings. The quantitative estimate of drug-likeness (QED) is 0.534. The first-order valence-corrected chi connectivity index (χ1v) is 8.69. The van der Waals surface area contributed by atoms with Crippen LogP contribution < -0.4 is 10.3 Å². The van der Waals surface area contributed by atoms with Crippen molar-refractivity contribution in [1.82, 2.24) is 15.2 Å². The molecule has 0 aliphatic carbocycles. The van der Waals surface area contributed by atoms with Crippen LogP contribution in [0.25, 0.3) is 11.1 Å². The number of hydrazine groups is 1. The van der Waals surface area contributed by atoms with Gasteiger partial charge in [-0.05, 0) is 31.2 Å². The minimum absolute atomic E-state index is 0.220. The molecule has 6 nitrogen and oxygen atoms in total. The predicted molar refractivity (Wildman–Crippen MR) is 87.2 cm³/mol. The summed E-state index contributed by atoms with van der Waals surface area (Å²) in [5, 5.41) is 0. The van der Waals surface area contributed by atoms with E-state index in [2.05, 4.69) is 15.2 Å². The van der Waals surface area contributed by atoms with Crippen molar-refractivity contribution in [2.45, 2.75) is 18.2 Å². The molecule has 0 bridgehead atoms. The number of aromatic nitrogens is 1. The normalized spacial score (nSPS) is 11.9. The molecule has 0 fully saturated rings. The van der Waals surface area contributed by atoms with Crippen molar-refractivity contribution in [2.24, 2.45) is 0 Å². The zero-order chi connectivity index (χ0) is 16.3. The van der Waals surface area contributed by atoms with Crippen LogP contribution >= 0.6 is 0 Å². The highest BCUT2D eigenvalue weighted by molar-refractivity contribution is 7.89. The number of oxazole rings is 1. The summed E-state index contributed by atoms with van der Waals surface area (Å²) >= 11 is 0. The van der Waals surface area contributed by atoms with E-state index in [0.717, 1.165) is 16.7 Å². The molecule has 3 rings (SSSR count). The zero-order valence-corrected chi connectivity index (χ0v) is 13.4. The Hall–Kier alpha value is -2.22. The molecular weight excluding hydrogens is 314 g/mol. The van der Waals surface area contributed by atoms with Crippen molar-refractivity contribution < 1.29 is 12.8 Å². The maximum Gasteiger partial charge on any atom is 0.253 e. The lowest BCUT2D eigenvalue weighted by Crippen LogP contribution is -2.38. The second kappa shape index (κ2) is 6.49. The molecule has 7 heteroatoms. The highest BCUT2D eigenvalue weighted by atomic mass is 32.2. The molecule has 0 radical (unpaired) electrons. The smallest absolute Gasteiger partial charge is 0.253 e. The molecule has 0 aliphatic heterocycles. The fourth-order valence-corrected chi connectivity index (χ4v) is 3.02. The van der Waals surface area contributed by atoms with Crippen LogP contribution in [0.15, 0.2) is 57.8 Å². The van der Waals surface area contributed by atoms with E-state index < -0.39 is 10.0 Å². The average Bonchev–Trinajstić information content (AvgIpc) is 2.95. The second-order valence-corrected chi connectivity index (χ2v) is 6.85. The molecule has 120 valence electrons. The predicted octanol–water partition coefficient (Wildman–Crippen LogP) is 2.16. The molecule has 3 aromatic rings. The van der Waals surface area contributed by atoms with Crippen molar-refractivity contribution in [2.75, 3.05) is 6.54 Å². The molecule has 1 aromatic heterocycles. The monoisotopic (exact) mass is 331 g/mol. The third-order valence-electron chi connectivity index (χ3n) is 3.34. The van der Waals surface area contributed by atoms with Gasteiger partial charge in [0.15, 0.2) is 11.5 Å². The van der Waals surface area contributed by atoms with Crippen molar-refractivity contribution in [3.05, 3.63) is 60.0 Å². The van der Waals surface area contributed by atoms with Crippen molar-refractivity contribution in [3.8, 4) is 0 Å². The van der Waals surface area contributed by atoms with Crippen LogP contribution in [0, 0.1) is 6.92 Å². The summed E-state index contributed by atoms with van der Waals surface area (Å²) in [7, 11) is -3.57. The van der Waals surface area contributed by atoms with E-state index in [1.807, 2.05) is 31.2 Å². The molecule has 1 heterocycles. The Labute approximate surface area is 134 Å². The number of nitrogens with zero attached hydrogens (tertiary/aromatic N) is 1. The van der Waals surface area contributed by atoms with Gasteiger partial charge in [0, 0.05) is 13.0 Å². The van der Waals surface area contributed by atoms with E-state index in [4.69, 9.17) is 4.42 Å². The van der Waals surface area contributed by atoms with Gasteiger partial charge in [0.1, 0.15) is 5.52 Å². The Morgan fingerprint density at radius 2 is 1.83 bits per heavy atom. The van der Waals surface area contributed by atoms with Crippen molar-refractivity contribution in [1.29, 1.82) is 0 Å². The van der Waals surface area contributed by atoms with Gasteiger partial charge in [0.2, 0.25) is 0 Å². The molecule has 0 amide bonds. The van der Waals surface area contributed by atoms with Gasteiger partial charge in [-0.3, -0.25) is 0 Å². The Balaban J connectivity index is 1.55. The minimum atomic E-state index is -3.57. The van der Waals surface area contributed by atoms with Crippen LogP contribution in [-0.4, -0.2) is 19.9 Å². The lowest BCUT2D eigenvalue weighted by Gasteiger charge is -2.07. The highest BCUT2D eigenvalue weighted by Crippen LogP contribution is 2.14. The van der Waals surface area contributed by atoms with Crippen molar-refractivity contribution in [3.63, 3.8) is 0 Å². The molecule has 2 N–H and O–H groups in total. The van der Waals surface area contributed by atoms with Gasteiger partial charge in [0.05, 0.1) is 4.90 Å². The van der Waals surface area contributed by atoms with Gasteiger partial charge in [-0.1, -0.05) is 29.8 Å². The molecule has 0 saturated carbocycles. The minimum Gasteiger partial charge on any atom is -0.441 e. The van der Waals surface area contributed by atoms with Gasteiger partial charge < -0.3 is 4.42 Å². The standard InChI is InChI=1S/C16H17N3O3S/c1-12-6-8-13(9-7-12)23(20,21)19-17-11-10-16-18-14-4-2-3-5-15(14)22-16/h2-9,17,19H,10-11H2,1H3. The lowest BCUT2D eigenvalue weighted by atomic mass is 10.2. The first kappa shape index (κ1) is 15.7. The second-order valence-electron chi connectivity index (χ2n) is 5.17. The molecule has 0 saturated heterocycles. The summed E-state index contributed by atoms with van der Waals surface area (Å²) in [5.41, 5.74) is 5.22. The number of benzene rings is 2. The summed E-state index contributed by atoms with van der Waals surface area (Å²) in [4.78, 5) is 6.90. The summed E-state index contributed by atoms with van der Waals surface area (Å²) in [6.07, 6.45) is 0.477. The number of fused-ring (bicyclic) bond motifs is 1. The molecule has 23 heavy (non-hydrogen) atoms. The molecule has 0 unspecified atom stereocenters. The van der Waals surface area contributed by atoms with Gasteiger partial charge >= 0.3 is 0 Å². The third kappa shape index (κ3) is 3.76. The van der Waals surface area contributed by atoms with E-state index in [-0.39, 0.29) is 4.90 Å². The number of sulfonamides is 1. The fourth-order valence-electron chi connectivity index (χ4n) is 2.12. The van der Waals surface area contributed by atoms with Crippen LogP contribution in [0.5, 0.6) is 0 Å². The largest absolute Gasteiger partial charge is 0.441 e. The molecule has 0 spiro atoms. The van der Waals surface area contributed by atoms with Gasteiger partial charge in [0.25, 0.3) is 10.0 Å². The van der Waals surface area contributed by atoms with E-state index in [0.29, 0.717) is 18.9 Å². The Kier molecular flexibility index (Phi) is 4.42. The number of rotatable bonds is 6. The van der Waals surface area contributed by atoms with Crippen LogP contribution in [0.3, 0.4) is 0 Å². The van der Waals surface area contributed by atoms with Gasteiger partial charge in [-0.25, -0.2) is 18.8 Å². The summed E-state index contributed by atoms with van der Waals surface area (Å²) in [6.45, 7) is 2.28. The highest BCUT2D eigenvalue weighted by Gasteiger charge is 2.13. The maximum absolute atomic E-state index is 12.1. The first-order valence-electron chi connectivity index (χ1n) is 7.20. The van der Waals surface area contributed by atoms with E-state index in [9.17, 15) is 8.42 Å². The number of aryl methyl sites for hydroxylation is 1. The van der Waals surface area contributed by atoms with Gasteiger partial charge in [-0.15, -0.1) is 4.83 Å². The number of para-hydroxylation sites is 2. The molecule has 0 atom stereocenters. The van der Waals surface area contributed by atoms with Crippen LogP contribution in [0.1, 0.15) is 11.5 Å². The molecule has 2 aromatic carbocycles. The maximum atomic E-state index is 12.1. The van der Waals surface area contributed by atoms with E-state index in [1.165, 1.54) is 0 Å². The Morgan fingerprint density at radius 3 is 2.57 bits per heavy atom. The SMILES string of the molecule is Cc1ccc(S(=O)(=O)NNCCc2nc3ccccc3o2)cc1. The van der Waals surface area contributed by atoms with E-state index >= 15 is 0 Å². The van der Waals surface area contributed by atoms with Crippen LogP contribution in [0.2, 0.25) is 0 Å². The van der Waals surface area contributed by atoms with E-state index in [1.54, 1.807) is 24.3 Å². The van der Waals surface area contributed by atoms with Gasteiger partial charge in [-0.2, -0.15) is 0 Å².